The zero-order valence-corrected chi connectivity index (χ0v) is 24.9. The second-order valence-electron chi connectivity index (χ2n) is 10.9. The number of hydrogen-bond acceptors (Lipinski definition) is 12. The number of aliphatic hydroxyl groups excluding tert-OH is 1. The first kappa shape index (κ1) is 31.5. The number of guanidine groups is 1. The highest BCUT2D eigenvalue weighted by molar-refractivity contribution is 7.10. The number of nitrogens with zero attached hydrogens (tertiary/aromatic N) is 2. The number of rotatable bonds is 9. The van der Waals surface area contributed by atoms with Crippen molar-refractivity contribution in [1.29, 1.82) is 0 Å². The van der Waals surface area contributed by atoms with Gasteiger partial charge in [-0.25, -0.2) is 14.4 Å². The van der Waals surface area contributed by atoms with Crippen LogP contribution in [0.2, 0.25) is 0 Å². The first-order valence-corrected chi connectivity index (χ1v) is 14.1. The Hall–Kier alpha value is -4.44. The van der Waals surface area contributed by atoms with Crippen molar-refractivity contribution in [3.05, 3.63) is 49.7 Å². The zero-order valence-electron chi connectivity index (χ0n) is 24.1. The Morgan fingerprint density at radius 1 is 1.23 bits per heavy atom. The van der Waals surface area contributed by atoms with E-state index < -0.39 is 60.0 Å². The minimum atomic E-state index is -1.02. The van der Waals surface area contributed by atoms with Gasteiger partial charge < -0.3 is 44.1 Å². The van der Waals surface area contributed by atoms with Gasteiger partial charge in [0.05, 0.1) is 30.0 Å². The van der Waals surface area contributed by atoms with Gasteiger partial charge >= 0.3 is 23.9 Å². The molecular weight excluding hydrogens is 588 g/mol. The van der Waals surface area contributed by atoms with E-state index in [1.54, 1.807) is 32.2 Å². The third-order valence-electron chi connectivity index (χ3n) is 6.73. The van der Waals surface area contributed by atoms with Gasteiger partial charge in [0.2, 0.25) is 12.7 Å². The molecule has 0 aliphatic carbocycles. The van der Waals surface area contributed by atoms with Crippen molar-refractivity contribution >= 4 is 46.8 Å². The van der Waals surface area contributed by atoms with E-state index in [1.807, 2.05) is 0 Å². The Morgan fingerprint density at radius 3 is 2.58 bits per heavy atom. The van der Waals surface area contributed by atoms with Crippen LogP contribution >= 0.6 is 11.3 Å². The van der Waals surface area contributed by atoms with Gasteiger partial charge in [-0.3, -0.25) is 9.59 Å². The van der Waals surface area contributed by atoms with Crippen LogP contribution < -0.4 is 16.9 Å². The third-order valence-corrected chi connectivity index (χ3v) is 7.67. The molecule has 0 spiro atoms. The van der Waals surface area contributed by atoms with Crippen molar-refractivity contribution in [3.8, 4) is 0 Å². The fraction of sp³-hybridized carbons (Fsp3) is 0.481. The number of aliphatic hydroxyl groups is 1. The van der Waals surface area contributed by atoms with E-state index in [4.69, 9.17) is 24.4 Å². The van der Waals surface area contributed by atoms with E-state index >= 15 is 0 Å². The van der Waals surface area contributed by atoms with Crippen LogP contribution in [0.15, 0.2) is 35.8 Å². The van der Waals surface area contributed by atoms with Gasteiger partial charge in [0.25, 0.3) is 0 Å². The molecule has 232 valence electrons. The first-order valence-electron chi connectivity index (χ1n) is 13.2. The monoisotopic (exact) mass is 620 g/mol. The number of aliphatic imine (C=N–C) groups is 1. The highest BCUT2D eigenvalue weighted by Gasteiger charge is 2.57. The predicted molar refractivity (Wildman–Crippen MR) is 149 cm³/mol. The Balaban J connectivity index is 1.42. The molecule has 0 bridgehead atoms. The summed E-state index contributed by atoms with van der Waals surface area (Å²) >= 11 is 1.33. The molecule has 0 aromatic carbocycles. The zero-order chi connectivity index (χ0) is 31.6. The minimum absolute atomic E-state index is 0.0310. The molecule has 2 amide bonds. The number of nitrogens with two attached hydrogens (primary N) is 1. The summed E-state index contributed by atoms with van der Waals surface area (Å²) in [6.45, 7) is 7.17. The summed E-state index contributed by atoms with van der Waals surface area (Å²) in [4.78, 5) is 66.7. The van der Waals surface area contributed by atoms with Gasteiger partial charge in [0.15, 0.2) is 24.1 Å². The summed E-state index contributed by atoms with van der Waals surface area (Å²) in [7, 11) is 0. The third kappa shape index (κ3) is 6.97. The lowest BCUT2D eigenvalue weighted by Crippen LogP contribution is -2.61. The van der Waals surface area contributed by atoms with Crippen LogP contribution in [0.1, 0.15) is 56.1 Å². The van der Waals surface area contributed by atoms with Gasteiger partial charge in [-0.1, -0.05) is 0 Å². The molecule has 16 heteroatoms. The molecule has 0 unspecified atom stereocenters. The second-order valence-corrected chi connectivity index (χ2v) is 11.9. The number of ether oxygens (including phenoxy) is 3. The van der Waals surface area contributed by atoms with Crippen molar-refractivity contribution in [2.45, 2.75) is 66.3 Å². The van der Waals surface area contributed by atoms with E-state index in [9.17, 15) is 29.1 Å². The number of amides is 2. The van der Waals surface area contributed by atoms with Crippen LogP contribution in [0, 0.1) is 18.3 Å². The molecular formula is C27H32N4O11S. The lowest BCUT2D eigenvalue weighted by Gasteiger charge is -2.44. The number of thiophene rings is 1. The Morgan fingerprint density at radius 2 is 1.95 bits per heavy atom. The number of β-lactam (4-membered cyclic amide) rings is 1. The number of aryl methyl sites for hydroxylation is 1. The van der Waals surface area contributed by atoms with E-state index in [0.29, 0.717) is 17.6 Å². The molecule has 15 nitrogen and oxygen atoms in total. The fourth-order valence-corrected chi connectivity index (χ4v) is 5.39. The minimum Gasteiger partial charge on any atom is -0.440 e. The quantitative estimate of drug-likeness (QED) is 0.120. The highest BCUT2D eigenvalue weighted by Crippen LogP contribution is 2.47. The number of hydrogen-bond donors (Lipinski definition) is 3. The molecule has 2 aromatic heterocycles. The Labute approximate surface area is 249 Å². The van der Waals surface area contributed by atoms with Crippen molar-refractivity contribution in [2.24, 2.45) is 22.1 Å². The summed E-state index contributed by atoms with van der Waals surface area (Å²) in [5, 5.41) is 14.7. The maximum Gasteiger partial charge on any atom is 0.519 e. The second kappa shape index (κ2) is 12.4. The molecule has 2 aromatic rings. The van der Waals surface area contributed by atoms with Crippen LogP contribution in [0.5, 0.6) is 0 Å². The average Bonchev–Trinajstić information content (AvgIpc) is 3.60. The summed E-state index contributed by atoms with van der Waals surface area (Å²) in [5.41, 5.74) is 6.23. The molecule has 4 heterocycles. The van der Waals surface area contributed by atoms with E-state index in [0.717, 1.165) is 4.88 Å². The fourth-order valence-electron chi connectivity index (χ4n) is 4.55. The Kier molecular flexibility index (Phi) is 9.10. The summed E-state index contributed by atoms with van der Waals surface area (Å²) < 4.78 is 24.6. The van der Waals surface area contributed by atoms with Gasteiger partial charge in [-0.15, -0.1) is 16.3 Å². The summed E-state index contributed by atoms with van der Waals surface area (Å²) in [6, 6.07) is 1.36. The van der Waals surface area contributed by atoms with Crippen molar-refractivity contribution in [1.82, 2.24) is 10.2 Å². The number of nitrogens with one attached hydrogen (secondary N) is 1. The molecule has 1 saturated heterocycles. The van der Waals surface area contributed by atoms with Crippen LogP contribution in [-0.4, -0.2) is 58.8 Å². The maximum atomic E-state index is 13.1. The summed E-state index contributed by atoms with van der Waals surface area (Å²) in [5.74, 6) is -3.37. The predicted octanol–water partition coefficient (Wildman–Crippen LogP) is 1.76. The number of fused-ring (bicyclic) bond motifs is 1. The van der Waals surface area contributed by atoms with Crippen molar-refractivity contribution in [3.63, 3.8) is 0 Å². The lowest BCUT2D eigenvalue weighted by atomic mass is 9.82. The number of carbonyl (C=O) groups excluding carboxylic acids is 4. The molecule has 0 radical (unpaired) electrons. The molecule has 43 heavy (non-hydrogen) atoms. The topological polar surface area (TPSA) is 213 Å². The average molecular weight is 621 g/mol. The largest absolute Gasteiger partial charge is 0.519 e. The first-order chi connectivity index (χ1) is 20.2. The van der Waals surface area contributed by atoms with Crippen LogP contribution in [0.4, 0.5) is 4.79 Å². The maximum absolute atomic E-state index is 13.1. The van der Waals surface area contributed by atoms with Crippen LogP contribution in [0.3, 0.4) is 0 Å². The van der Waals surface area contributed by atoms with Gasteiger partial charge in [-0.2, -0.15) is 0 Å². The molecule has 4 rings (SSSR count). The number of carbonyl (C=O) groups is 4. The van der Waals surface area contributed by atoms with Crippen molar-refractivity contribution in [2.75, 3.05) is 6.79 Å². The number of esters is 2. The smallest absolute Gasteiger partial charge is 0.440 e. The lowest BCUT2D eigenvalue weighted by molar-refractivity contribution is -0.175. The Bertz CT molecular complexity index is 1540. The molecule has 2 aliphatic heterocycles. The highest BCUT2D eigenvalue weighted by atomic mass is 32.1. The van der Waals surface area contributed by atoms with Gasteiger partial charge in [0.1, 0.15) is 5.70 Å². The van der Waals surface area contributed by atoms with Gasteiger partial charge in [-0.05, 0) is 63.6 Å². The summed E-state index contributed by atoms with van der Waals surface area (Å²) in [6.07, 6.45) is -1.62. The molecule has 1 fully saturated rings. The van der Waals surface area contributed by atoms with E-state index in [2.05, 4.69) is 14.7 Å². The standard InChI is InChI=1S/C27H32N4O11S/c1-12(32)19-17-7-16(20(31(17)21(19)33)22(34)39-11-40-23(35)27(3,4)5)14-6-15(43-10-14)8-29-24(28)30-25(36)38-9-18-13(2)41-26(37)42-18/h6,10,12,17,19,32H,7-9,11H2,1-5H3,(H3,28,29,30,36)/t12-,17-,19-/m1/s1. The van der Waals surface area contributed by atoms with Crippen LogP contribution in [0.25, 0.3) is 5.57 Å². The van der Waals surface area contributed by atoms with Crippen molar-refractivity contribution < 1.29 is 47.3 Å². The van der Waals surface area contributed by atoms with Gasteiger partial charge in [0, 0.05) is 4.88 Å². The van der Waals surface area contributed by atoms with E-state index in [-0.39, 0.29) is 36.3 Å². The molecule has 3 atom stereocenters. The molecule has 0 saturated carbocycles. The molecule has 2 aliphatic rings. The van der Waals surface area contributed by atoms with Crippen LogP contribution in [-0.2, 0) is 41.7 Å². The molecule has 4 N–H and O–H groups in total. The van der Waals surface area contributed by atoms with E-state index in [1.165, 1.54) is 30.1 Å². The SMILES string of the molecule is Cc1oc(=O)oc1COC(=O)/N=C(\N)NCc1cc(C2=C(C(=O)OCOC(=O)C(C)(C)C)N3C(=O)[C@H]([C@@H](C)O)[C@H]3C2)cs1. The normalized spacial score (nSPS) is 19.1.